The maximum atomic E-state index is 13.2. The Bertz CT molecular complexity index is 838. The number of morpholine rings is 1. The van der Waals surface area contributed by atoms with Gasteiger partial charge in [-0.05, 0) is 43.3 Å². The molecule has 1 aliphatic carbocycles. The first kappa shape index (κ1) is 22.7. The number of amides is 1. The molecule has 170 valence electrons. The molecule has 2 aliphatic heterocycles. The summed E-state index contributed by atoms with van der Waals surface area (Å²) in [5.41, 5.74) is 1.70. The number of halogens is 1. The minimum absolute atomic E-state index is 0.149. The zero-order valence-corrected chi connectivity index (χ0v) is 19.0. The second-order valence-corrected chi connectivity index (χ2v) is 9.21. The van der Waals surface area contributed by atoms with E-state index in [0.29, 0.717) is 29.9 Å². The highest BCUT2D eigenvalue weighted by atomic mass is 35.5. The van der Waals surface area contributed by atoms with Gasteiger partial charge in [0.05, 0.1) is 37.3 Å². The monoisotopic (exact) mass is 468 g/mol. The molecule has 2 heterocycles. The first-order valence-corrected chi connectivity index (χ1v) is 11.5. The highest BCUT2D eigenvalue weighted by Gasteiger charge is 2.53. The van der Waals surface area contributed by atoms with Gasteiger partial charge in [0.25, 0.3) is 0 Å². The van der Waals surface area contributed by atoms with Crippen molar-refractivity contribution >= 4 is 40.5 Å². The van der Waals surface area contributed by atoms with Crippen molar-refractivity contribution in [2.24, 2.45) is 5.92 Å². The lowest BCUT2D eigenvalue weighted by Crippen LogP contribution is -2.61. The van der Waals surface area contributed by atoms with Crippen molar-refractivity contribution in [2.45, 2.75) is 37.6 Å². The van der Waals surface area contributed by atoms with Crippen LogP contribution in [-0.4, -0.2) is 89.8 Å². The number of hydrogen-bond donors (Lipinski definition) is 4. The summed E-state index contributed by atoms with van der Waals surface area (Å²) in [5.74, 6) is -0.690. The molecule has 2 saturated heterocycles. The predicted octanol–water partition coefficient (Wildman–Crippen LogP) is 0.270. The Balaban J connectivity index is 1.51. The van der Waals surface area contributed by atoms with E-state index in [9.17, 15) is 15.0 Å². The fraction of sp³-hybridized carbons (Fsp3) is 0.619. The Kier molecular flexibility index (Phi) is 7.00. The molecule has 5 unspecified atom stereocenters. The lowest BCUT2D eigenvalue weighted by Gasteiger charge is -2.41. The average molecular weight is 469 g/mol. The largest absolute Gasteiger partial charge is 0.390 e. The van der Waals surface area contributed by atoms with Gasteiger partial charge in [-0.1, -0.05) is 17.7 Å². The van der Waals surface area contributed by atoms with Crippen LogP contribution in [-0.2, 0) is 9.53 Å². The molecule has 0 aromatic heterocycles. The molecule has 31 heavy (non-hydrogen) atoms. The molecule has 10 heteroatoms. The zero-order chi connectivity index (χ0) is 22.1. The number of nitrogens with one attached hydrogen (secondary N) is 2. The Morgan fingerprint density at radius 1 is 1.35 bits per heavy atom. The average Bonchev–Trinajstić information content (AvgIpc) is 3.10. The van der Waals surface area contributed by atoms with Crippen LogP contribution in [0.15, 0.2) is 18.2 Å². The van der Waals surface area contributed by atoms with Gasteiger partial charge in [-0.15, -0.1) is 0 Å². The van der Waals surface area contributed by atoms with Crippen LogP contribution < -0.4 is 15.5 Å². The molecule has 3 fully saturated rings. The van der Waals surface area contributed by atoms with Crippen LogP contribution in [0.3, 0.4) is 0 Å². The minimum atomic E-state index is -1.02. The molecular weight excluding hydrogens is 440 g/mol. The van der Waals surface area contributed by atoms with E-state index >= 15 is 0 Å². The van der Waals surface area contributed by atoms with E-state index < -0.39 is 30.2 Å². The van der Waals surface area contributed by atoms with Crippen molar-refractivity contribution in [3.63, 3.8) is 0 Å². The maximum Gasteiger partial charge on any atom is 0.225 e. The molecule has 3 aliphatic rings. The summed E-state index contributed by atoms with van der Waals surface area (Å²) in [5, 5.41) is 28.2. The molecule has 1 aromatic rings. The van der Waals surface area contributed by atoms with Crippen LogP contribution in [0, 0.1) is 12.8 Å². The summed E-state index contributed by atoms with van der Waals surface area (Å²) in [6.45, 7) is 6.31. The van der Waals surface area contributed by atoms with Crippen molar-refractivity contribution in [1.82, 2.24) is 15.5 Å². The van der Waals surface area contributed by atoms with Crippen LogP contribution in [0.2, 0.25) is 5.02 Å². The van der Waals surface area contributed by atoms with E-state index in [1.54, 1.807) is 0 Å². The number of benzene rings is 1. The van der Waals surface area contributed by atoms with Crippen molar-refractivity contribution in [3.8, 4) is 0 Å². The number of carbonyl (C=O) groups excluding carboxylic acids is 1. The number of anilines is 1. The Morgan fingerprint density at radius 3 is 2.81 bits per heavy atom. The van der Waals surface area contributed by atoms with Gasteiger partial charge in [-0.2, -0.15) is 0 Å². The number of ether oxygens (including phenoxy) is 1. The third-order valence-electron chi connectivity index (χ3n) is 6.45. The van der Waals surface area contributed by atoms with Crippen LogP contribution in [0.5, 0.6) is 0 Å². The third-order valence-corrected chi connectivity index (χ3v) is 7.17. The number of aliphatic hydroxyl groups is 2. The number of aryl methyl sites for hydroxylation is 1. The summed E-state index contributed by atoms with van der Waals surface area (Å²) in [4.78, 5) is 17.3. The number of thiocarbonyl (C=S) groups is 1. The standard InChI is InChI=1S/C21H29ClN4O4S/c1-12-2-3-13(10-15(12)22)26-18-14(11-16(27)19(28)17(18)24-21(26)31)20(29)23-4-5-25-6-8-30-9-7-25/h2-3,10,14,16-19,27-28H,4-9,11H2,1H3,(H,23,29)(H,24,31). The van der Waals surface area contributed by atoms with Gasteiger partial charge in [-0.3, -0.25) is 9.69 Å². The fourth-order valence-corrected chi connectivity index (χ4v) is 5.20. The molecule has 5 atom stereocenters. The molecule has 4 rings (SSSR count). The SMILES string of the molecule is Cc1ccc(N2C(=S)NC3C(O)C(O)CC(C(=O)NCCN4CCOCC4)C32)cc1Cl. The smallest absolute Gasteiger partial charge is 0.225 e. The molecule has 1 aromatic carbocycles. The molecule has 0 radical (unpaired) electrons. The first-order valence-electron chi connectivity index (χ1n) is 10.7. The fourth-order valence-electron chi connectivity index (χ4n) is 4.67. The maximum absolute atomic E-state index is 13.2. The van der Waals surface area contributed by atoms with Crippen LogP contribution in [0.4, 0.5) is 5.69 Å². The van der Waals surface area contributed by atoms with Gasteiger partial charge >= 0.3 is 0 Å². The summed E-state index contributed by atoms with van der Waals surface area (Å²) < 4.78 is 5.36. The number of fused-ring (bicyclic) bond motifs is 1. The van der Waals surface area contributed by atoms with Gasteiger partial charge < -0.3 is 30.5 Å². The second-order valence-electron chi connectivity index (χ2n) is 8.41. The molecular formula is C21H29ClN4O4S. The quantitative estimate of drug-likeness (QED) is 0.457. The molecule has 4 N–H and O–H groups in total. The molecule has 1 amide bonds. The van der Waals surface area contributed by atoms with Crippen molar-refractivity contribution in [2.75, 3.05) is 44.3 Å². The predicted molar refractivity (Wildman–Crippen MR) is 122 cm³/mol. The third kappa shape index (κ3) is 4.67. The van der Waals surface area contributed by atoms with E-state index in [2.05, 4.69) is 15.5 Å². The number of hydrogen-bond acceptors (Lipinski definition) is 6. The summed E-state index contributed by atoms with van der Waals surface area (Å²) in [6.07, 6.45) is -1.87. The van der Waals surface area contributed by atoms with Gasteiger partial charge in [0.15, 0.2) is 5.11 Å². The van der Waals surface area contributed by atoms with Crippen molar-refractivity contribution < 1.29 is 19.7 Å². The highest BCUT2D eigenvalue weighted by Crippen LogP contribution is 2.37. The van der Waals surface area contributed by atoms with Crippen LogP contribution >= 0.6 is 23.8 Å². The number of carbonyl (C=O) groups is 1. The van der Waals surface area contributed by atoms with Crippen molar-refractivity contribution in [3.05, 3.63) is 28.8 Å². The molecule has 0 spiro atoms. The normalized spacial score (nSPS) is 31.3. The first-order chi connectivity index (χ1) is 14.9. The molecule has 1 saturated carbocycles. The number of rotatable bonds is 5. The van der Waals surface area contributed by atoms with E-state index in [1.165, 1.54) is 0 Å². The van der Waals surface area contributed by atoms with Gasteiger partial charge in [0.2, 0.25) is 5.91 Å². The summed E-state index contributed by atoms with van der Waals surface area (Å²) in [7, 11) is 0. The van der Waals surface area contributed by atoms with E-state index in [4.69, 9.17) is 28.6 Å². The highest BCUT2D eigenvalue weighted by molar-refractivity contribution is 7.80. The van der Waals surface area contributed by atoms with Gasteiger partial charge in [0.1, 0.15) is 6.10 Å². The zero-order valence-electron chi connectivity index (χ0n) is 17.5. The molecule has 0 bridgehead atoms. The summed E-state index contributed by atoms with van der Waals surface area (Å²) in [6, 6.07) is 4.65. The second kappa shape index (κ2) is 9.56. The van der Waals surface area contributed by atoms with E-state index in [1.807, 2.05) is 30.0 Å². The van der Waals surface area contributed by atoms with Gasteiger partial charge in [0, 0.05) is 36.9 Å². The Hall–Kier alpha value is -1.49. The molecule has 8 nitrogen and oxygen atoms in total. The lowest BCUT2D eigenvalue weighted by molar-refractivity contribution is -0.131. The van der Waals surface area contributed by atoms with E-state index in [0.717, 1.165) is 30.9 Å². The number of aliphatic hydroxyl groups excluding tert-OH is 2. The number of nitrogens with zero attached hydrogens (tertiary/aromatic N) is 2. The minimum Gasteiger partial charge on any atom is -0.390 e. The summed E-state index contributed by atoms with van der Waals surface area (Å²) >= 11 is 11.9. The van der Waals surface area contributed by atoms with Gasteiger partial charge in [-0.25, -0.2) is 0 Å². The topological polar surface area (TPSA) is 97.3 Å². The van der Waals surface area contributed by atoms with Crippen molar-refractivity contribution in [1.29, 1.82) is 0 Å². The Morgan fingerprint density at radius 2 is 2.10 bits per heavy atom. The van der Waals surface area contributed by atoms with E-state index in [-0.39, 0.29) is 12.3 Å². The lowest BCUT2D eigenvalue weighted by atomic mass is 9.77. The van der Waals surface area contributed by atoms with Crippen LogP contribution in [0.1, 0.15) is 12.0 Å². The van der Waals surface area contributed by atoms with Crippen LogP contribution in [0.25, 0.3) is 0 Å². The Labute approximate surface area is 192 Å².